The molecule has 0 fully saturated rings. The molecule has 2 rings (SSSR count). The van der Waals surface area contributed by atoms with Gasteiger partial charge >= 0.3 is 0 Å². The third kappa shape index (κ3) is 4.12. The quantitative estimate of drug-likeness (QED) is 0.765. The van der Waals surface area contributed by atoms with Crippen molar-refractivity contribution in [1.29, 1.82) is 0 Å². The van der Waals surface area contributed by atoms with Gasteiger partial charge in [-0.15, -0.1) is 0 Å². The van der Waals surface area contributed by atoms with Gasteiger partial charge in [-0.05, 0) is 46.6 Å². The predicted molar refractivity (Wildman–Crippen MR) is 92.0 cm³/mol. The Bertz CT molecular complexity index is 797. The van der Waals surface area contributed by atoms with Gasteiger partial charge in [-0.3, -0.25) is 4.72 Å². The van der Waals surface area contributed by atoms with Crippen molar-refractivity contribution in [2.45, 2.75) is 6.92 Å². The van der Waals surface area contributed by atoms with Crippen LogP contribution in [0.2, 0.25) is 5.15 Å². The Hall–Kier alpha value is -1.31. The van der Waals surface area contributed by atoms with Crippen LogP contribution in [0, 0.1) is 0 Å². The number of anilines is 1. The number of nitrogens with zero attached hydrogens (tertiary/aromatic N) is 1. The summed E-state index contributed by atoms with van der Waals surface area (Å²) in [6, 6.07) is 6.86. The topological polar surface area (TPSA) is 68.3 Å². The second-order valence-corrected chi connectivity index (χ2v) is 7.73. The van der Waals surface area contributed by atoms with E-state index in [1.807, 2.05) is 6.07 Å². The average molecular weight is 406 g/mol. The molecule has 2 aromatic rings. The summed E-state index contributed by atoms with van der Waals surface area (Å²) < 4.78 is 32.0. The van der Waals surface area contributed by atoms with Gasteiger partial charge in [0, 0.05) is 22.3 Å². The Kier molecular flexibility index (Phi) is 5.31. The fraction of sp³-hybridized carbons (Fsp3) is 0.214. The zero-order chi connectivity index (χ0) is 16.3. The Balaban J connectivity index is 2.55. The smallest absolute Gasteiger partial charge is 0.232 e. The maximum absolute atomic E-state index is 11.7. The van der Waals surface area contributed by atoms with Gasteiger partial charge in [-0.1, -0.05) is 11.6 Å². The minimum Gasteiger partial charge on any atom is -0.497 e. The van der Waals surface area contributed by atoms with E-state index in [2.05, 4.69) is 25.6 Å². The van der Waals surface area contributed by atoms with Crippen LogP contribution in [-0.4, -0.2) is 26.3 Å². The van der Waals surface area contributed by atoms with Crippen LogP contribution in [0.1, 0.15) is 6.92 Å². The number of hydrogen-bond acceptors (Lipinski definition) is 4. The lowest BCUT2D eigenvalue weighted by Crippen LogP contribution is -2.14. The van der Waals surface area contributed by atoms with Gasteiger partial charge in [0.05, 0.1) is 18.6 Å². The molecule has 0 saturated heterocycles. The number of sulfonamides is 1. The molecule has 118 valence electrons. The highest BCUT2D eigenvalue weighted by atomic mass is 79.9. The Morgan fingerprint density at radius 1 is 1.32 bits per heavy atom. The van der Waals surface area contributed by atoms with Crippen molar-refractivity contribution in [2.24, 2.45) is 0 Å². The first kappa shape index (κ1) is 17.1. The van der Waals surface area contributed by atoms with Crippen LogP contribution < -0.4 is 9.46 Å². The molecule has 1 heterocycles. The lowest BCUT2D eigenvalue weighted by Gasteiger charge is -2.12. The number of hydrogen-bond donors (Lipinski definition) is 1. The summed E-state index contributed by atoms with van der Waals surface area (Å²) in [5.41, 5.74) is 1.78. The SMILES string of the molecule is CCS(=O)(=O)Nc1cc(OC)cc(-c2cc(Br)cnc2Cl)c1. The second-order valence-electron chi connectivity index (χ2n) is 4.45. The molecule has 1 N–H and O–H groups in total. The molecule has 0 bridgehead atoms. The van der Waals surface area contributed by atoms with Gasteiger partial charge in [0.1, 0.15) is 10.9 Å². The van der Waals surface area contributed by atoms with E-state index in [4.69, 9.17) is 16.3 Å². The summed E-state index contributed by atoms with van der Waals surface area (Å²) in [4.78, 5) is 4.07. The molecule has 0 atom stereocenters. The van der Waals surface area contributed by atoms with E-state index in [-0.39, 0.29) is 5.75 Å². The van der Waals surface area contributed by atoms with Crippen LogP contribution in [0.25, 0.3) is 11.1 Å². The normalized spacial score (nSPS) is 11.3. The van der Waals surface area contributed by atoms with Crippen LogP contribution in [0.4, 0.5) is 5.69 Å². The van der Waals surface area contributed by atoms with Crippen molar-refractivity contribution >= 4 is 43.2 Å². The minimum absolute atomic E-state index is 0.0151. The minimum atomic E-state index is -3.38. The van der Waals surface area contributed by atoms with Gasteiger partial charge < -0.3 is 4.74 Å². The van der Waals surface area contributed by atoms with Crippen LogP contribution in [-0.2, 0) is 10.0 Å². The number of methoxy groups -OCH3 is 1. The monoisotopic (exact) mass is 404 g/mol. The molecular weight excluding hydrogens is 392 g/mol. The molecule has 1 aromatic heterocycles. The number of pyridine rings is 1. The number of aromatic nitrogens is 1. The Morgan fingerprint density at radius 2 is 2.05 bits per heavy atom. The molecule has 5 nitrogen and oxygen atoms in total. The number of ether oxygens (including phenoxy) is 1. The molecular formula is C14H14BrClN2O3S. The first-order chi connectivity index (χ1) is 10.3. The zero-order valence-electron chi connectivity index (χ0n) is 11.9. The van der Waals surface area contributed by atoms with Gasteiger partial charge in [0.25, 0.3) is 0 Å². The van der Waals surface area contributed by atoms with E-state index in [9.17, 15) is 8.42 Å². The van der Waals surface area contributed by atoms with Gasteiger partial charge in [-0.25, -0.2) is 13.4 Å². The van der Waals surface area contributed by atoms with E-state index >= 15 is 0 Å². The maximum Gasteiger partial charge on any atom is 0.232 e. The fourth-order valence-electron chi connectivity index (χ4n) is 1.81. The second kappa shape index (κ2) is 6.85. The standard InChI is InChI=1S/C14H14BrClN2O3S/c1-3-22(19,20)18-11-4-9(5-12(7-11)21-2)13-6-10(15)8-17-14(13)16/h4-8,18H,3H2,1-2H3. The first-order valence-corrected chi connectivity index (χ1v) is 9.18. The van der Waals surface area contributed by atoms with Gasteiger partial charge in [0.15, 0.2) is 0 Å². The van der Waals surface area contributed by atoms with Gasteiger partial charge in [-0.2, -0.15) is 0 Å². The average Bonchev–Trinajstić information content (AvgIpc) is 2.48. The number of halogens is 2. The summed E-state index contributed by atoms with van der Waals surface area (Å²) >= 11 is 9.47. The highest BCUT2D eigenvalue weighted by Crippen LogP contribution is 2.33. The molecule has 0 aliphatic heterocycles. The molecule has 22 heavy (non-hydrogen) atoms. The summed E-state index contributed by atoms with van der Waals surface area (Å²) in [6.45, 7) is 1.57. The molecule has 0 unspecified atom stereocenters. The summed E-state index contributed by atoms with van der Waals surface area (Å²) in [5.74, 6) is 0.501. The van der Waals surface area contributed by atoms with E-state index in [0.29, 0.717) is 27.7 Å². The van der Waals surface area contributed by atoms with Crippen molar-refractivity contribution in [3.8, 4) is 16.9 Å². The van der Waals surface area contributed by atoms with Crippen molar-refractivity contribution in [3.05, 3.63) is 40.1 Å². The predicted octanol–water partition coefficient (Wildman–Crippen LogP) is 3.93. The lowest BCUT2D eigenvalue weighted by molar-refractivity contribution is 0.415. The van der Waals surface area contributed by atoms with Crippen LogP contribution in [0.3, 0.4) is 0 Å². The third-order valence-corrected chi connectivity index (χ3v) is 4.95. The van der Waals surface area contributed by atoms with Gasteiger partial charge in [0.2, 0.25) is 10.0 Å². The molecule has 0 aliphatic rings. The molecule has 1 aromatic carbocycles. The van der Waals surface area contributed by atoms with E-state index in [1.165, 1.54) is 7.11 Å². The first-order valence-electron chi connectivity index (χ1n) is 6.35. The molecule has 0 amide bonds. The third-order valence-electron chi connectivity index (χ3n) is 2.91. The van der Waals surface area contributed by atoms with E-state index in [1.54, 1.807) is 31.3 Å². The van der Waals surface area contributed by atoms with Crippen LogP contribution in [0.5, 0.6) is 5.75 Å². The molecule has 0 spiro atoms. The Morgan fingerprint density at radius 3 is 2.68 bits per heavy atom. The maximum atomic E-state index is 11.7. The van der Waals surface area contributed by atoms with Crippen LogP contribution >= 0.6 is 27.5 Å². The largest absolute Gasteiger partial charge is 0.497 e. The number of benzene rings is 1. The lowest BCUT2D eigenvalue weighted by atomic mass is 10.1. The fourth-order valence-corrected chi connectivity index (χ4v) is 2.97. The summed E-state index contributed by atoms with van der Waals surface area (Å²) in [5, 5.41) is 0.320. The zero-order valence-corrected chi connectivity index (χ0v) is 15.1. The Labute approximate surface area is 142 Å². The van der Waals surface area contributed by atoms with Crippen molar-refractivity contribution in [3.63, 3.8) is 0 Å². The summed E-state index contributed by atoms with van der Waals surface area (Å²) in [6.07, 6.45) is 1.59. The van der Waals surface area contributed by atoms with E-state index < -0.39 is 10.0 Å². The van der Waals surface area contributed by atoms with Crippen LogP contribution in [0.15, 0.2) is 34.9 Å². The molecule has 8 heteroatoms. The molecule has 0 radical (unpaired) electrons. The molecule has 0 aliphatic carbocycles. The number of rotatable bonds is 5. The number of nitrogens with one attached hydrogen (secondary N) is 1. The highest BCUT2D eigenvalue weighted by molar-refractivity contribution is 9.10. The summed E-state index contributed by atoms with van der Waals surface area (Å²) in [7, 11) is -1.87. The van der Waals surface area contributed by atoms with E-state index in [0.717, 1.165) is 4.47 Å². The molecule has 0 saturated carbocycles. The van der Waals surface area contributed by atoms with Crippen molar-refractivity contribution in [1.82, 2.24) is 4.98 Å². The van der Waals surface area contributed by atoms with Crippen molar-refractivity contribution in [2.75, 3.05) is 17.6 Å². The van der Waals surface area contributed by atoms with Crippen molar-refractivity contribution < 1.29 is 13.2 Å². The highest BCUT2D eigenvalue weighted by Gasteiger charge is 2.12.